The number of nitrogens with zero attached hydrogens (tertiary/aromatic N) is 1. The zero-order valence-corrected chi connectivity index (χ0v) is 13.6. The molecule has 1 fully saturated rings. The first kappa shape index (κ1) is 17.0. The second-order valence-corrected chi connectivity index (χ2v) is 6.89. The summed E-state index contributed by atoms with van der Waals surface area (Å²) in [5.41, 5.74) is 6.60. The molecule has 0 aromatic heterocycles. The minimum atomic E-state index is 0.416. The zero-order chi connectivity index (χ0) is 14.1. The molecule has 2 atom stereocenters. The van der Waals surface area contributed by atoms with Crippen LogP contribution in [0.4, 0.5) is 0 Å². The van der Waals surface area contributed by atoms with Gasteiger partial charge in [0.15, 0.2) is 0 Å². The van der Waals surface area contributed by atoms with Gasteiger partial charge in [-0.15, -0.1) is 0 Å². The van der Waals surface area contributed by atoms with Gasteiger partial charge < -0.3 is 10.6 Å². The average molecular weight is 268 g/mol. The SMILES string of the molecule is CCCCN(CCCC)CC1(CN)CCCC(C)C1. The average Bonchev–Trinajstić information content (AvgIpc) is 2.42. The number of hydrogen-bond acceptors (Lipinski definition) is 2. The molecular weight excluding hydrogens is 232 g/mol. The maximum atomic E-state index is 6.18. The monoisotopic (exact) mass is 268 g/mol. The van der Waals surface area contributed by atoms with Gasteiger partial charge in [0.1, 0.15) is 0 Å². The van der Waals surface area contributed by atoms with E-state index in [0.29, 0.717) is 5.41 Å². The maximum Gasteiger partial charge on any atom is 0.00502 e. The van der Waals surface area contributed by atoms with E-state index in [9.17, 15) is 0 Å². The Morgan fingerprint density at radius 2 is 1.79 bits per heavy atom. The van der Waals surface area contributed by atoms with E-state index in [1.165, 1.54) is 71.0 Å². The Balaban J connectivity index is 2.56. The van der Waals surface area contributed by atoms with Crippen LogP contribution < -0.4 is 5.73 Å². The van der Waals surface area contributed by atoms with Crippen molar-refractivity contribution in [1.82, 2.24) is 4.90 Å². The first-order chi connectivity index (χ1) is 9.15. The maximum absolute atomic E-state index is 6.18. The normalized spacial score (nSPS) is 27.9. The van der Waals surface area contributed by atoms with Gasteiger partial charge >= 0.3 is 0 Å². The molecule has 1 aliphatic carbocycles. The van der Waals surface area contributed by atoms with Gasteiger partial charge in [-0.05, 0) is 56.7 Å². The topological polar surface area (TPSA) is 29.3 Å². The third kappa shape index (κ3) is 5.83. The number of rotatable bonds is 9. The van der Waals surface area contributed by atoms with E-state index in [1.54, 1.807) is 0 Å². The van der Waals surface area contributed by atoms with Crippen LogP contribution in [0, 0.1) is 11.3 Å². The fourth-order valence-corrected chi connectivity index (χ4v) is 3.67. The van der Waals surface area contributed by atoms with E-state index in [1.807, 2.05) is 0 Å². The molecule has 0 aromatic rings. The van der Waals surface area contributed by atoms with Crippen LogP contribution in [-0.4, -0.2) is 31.1 Å². The van der Waals surface area contributed by atoms with Gasteiger partial charge in [-0.25, -0.2) is 0 Å². The van der Waals surface area contributed by atoms with Gasteiger partial charge in [0.25, 0.3) is 0 Å². The minimum Gasteiger partial charge on any atom is -0.330 e. The van der Waals surface area contributed by atoms with Crippen molar-refractivity contribution in [3.05, 3.63) is 0 Å². The lowest BCUT2D eigenvalue weighted by atomic mass is 9.69. The fraction of sp³-hybridized carbons (Fsp3) is 1.00. The van der Waals surface area contributed by atoms with E-state index >= 15 is 0 Å². The summed E-state index contributed by atoms with van der Waals surface area (Å²) in [6.45, 7) is 11.7. The third-order valence-corrected chi connectivity index (χ3v) is 4.83. The van der Waals surface area contributed by atoms with Crippen molar-refractivity contribution in [2.45, 2.75) is 72.1 Å². The molecule has 114 valence electrons. The van der Waals surface area contributed by atoms with Crippen LogP contribution in [0.2, 0.25) is 0 Å². The molecule has 2 N–H and O–H groups in total. The van der Waals surface area contributed by atoms with E-state index in [4.69, 9.17) is 5.73 Å². The first-order valence-electron chi connectivity index (χ1n) is 8.58. The highest BCUT2D eigenvalue weighted by Crippen LogP contribution is 2.39. The highest BCUT2D eigenvalue weighted by molar-refractivity contribution is 4.89. The number of unbranched alkanes of at least 4 members (excludes halogenated alkanes) is 2. The second kappa shape index (κ2) is 8.97. The van der Waals surface area contributed by atoms with E-state index < -0.39 is 0 Å². The fourth-order valence-electron chi connectivity index (χ4n) is 3.67. The number of nitrogens with two attached hydrogens (primary N) is 1. The lowest BCUT2D eigenvalue weighted by molar-refractivity contribution is 0.0865. The molecular formula is C17H36N2. The molecule has 2 nitrogen and oxygen atoms in total. The Hall–Kier alpha value is -0.0800. The van der Waals surface area contributed by atoms with Crippen LogP contribution in [-0.2, 0) is 0 Å². The molecule has 0 radical (unpaired) electrons. The summed E-state index contributed by atoms with van der Waals surface area (Å²) < 4.78 is 0. The third-order valence-electron chi connectivity index (χ3n) is 4.83. The Bertz CT molecular complexity index is 221. The molecule has 0 aliphatic heterocycles. The second-order valence-electron chi connectivity index (χ2n) is 6.89. The molecule has 1 rings (SSSR count). The molecule has 0 heterocycles. The molecule has 0 saturated heterocycles. The molecule has 19 heavy (non-hydrogen) atoms. The van der Waals surface area contributed by atoms with Crippen LogP contribution in [0.15, 0.2) is 0 Å². The Kier molecular flexibility index (Phi) is 8.01. The Morgan fingerprint density at radius 3 is 2.26 bits per heavy atom. The van der Waals surface area contributed by atoms with Gasteiger partial charge in [0.05, 0.1) is 0 Å². The summed E-state index contributed by atoms with van der Waals surface area (Å²) in [4.78, 5) is 2.71. The van der Waals surface area contributed by atoms with E-state index in [0.717, 1.165) is 12.5 Å². The quantitative estimate of drug-likeness (QED) is 0.684. The van der Waals surface area contributed by atoms with Crippen molar-refractivity contribution in [3.8, 4) is 0 Å². The predicted molar refractivity (Wildman–Crippen MR) is 85.4 cm³/mol. The van der Waals surface area contributed by atoms with Gasteiger partial charge in [-0.2, -0.15) is 0 Å². The summed E-state index contributed by atoms with van der Waals surface area (Å²) >= 11 is 0. The molecule has 1 saturated carbocycles. The molecule has 1 aliphatic rings. The van der Waals surface area contributed by atoms with Gasteiger partial charge in [0.2, 0.25) is 0 Å². The van der Waals surface area contributed by atoms with Crippen LogP contribution in [0.25, 0.3) is 0 Å². The van der Waals surface area contributed by atoms with Gasteiger partial charge in [0, 0.05) is 6.54 Å². The molecule has 0 amide bonds. The van der Waals surface area contributed by atoms with Crippen molar-refractivity contribution in [2.75, 3.05) is 26.2 Å². The van der Waals surface area contributed by atoms with Crippen molar-refractivity contribution >= 4 is 0 Å². The lowest BCUT2D eigenvalue weighted by Gasteiger charge is -2.43. The highest BCUT2D eigenvalue weighted by atomic mass is 15.1. The Labute approximate surface area is 121 Å². The summed E-state index contributed by atoms with van der Waals surface area (Å²) in [6, 6.07) is 0. The Morgan fingerprint density at radius 1 is 1.16 bits per heavy atom. The van der Waals surface area contributed by atoms with Gasteiger partial charge in [-0.3, -0.25) is 0 Å². The molecule has 2 heteroatoms. The summed E-state index contributed by atoms with van der Waals surface area (Å²) in [5.74, 6) is 0.872. The largest absolute Gasteiger partial charge is 0.330 e. The van der Waals surface area contributed by atoms with Crippen molar-refractivity contribution in [3.63, 3.8) is 0 Å². The molecule has 0 spiro atoms. The summed E-state index contributed by atoms with van der Waals surface area (Å²) in [5, 5.41) is 0. The predicted octanol–water partition coefficient (Wildman–Crippen LogP) is 4.04. The zero-order valence-electron chi connectivity index (χ0n) is 13.6. The summed E-state index contributed by atoms with van der Waals surface area (Å²) in [6.07, 6.45) is 10.8. The van der Waals surface area contributed by atoms with Crippen molar-refractivity contribution in [2.24, 2.45) is 17.1 Å². The van der Waals surface area contributed by atoms with Crippen LogP contribution in [0.1, 0.15) is 72.1 Å². The van der Waals surface area contributed by atoms with Crippen molar-refractivity contribution in [1.29, 1.82) is 0 Å². The molecule has 0 aromatic carbocycles. The van der Waals surface area contributed by atoms with E-state index in [-0.39, 0.29) is 0 Å². The molecule has 2 unspecified atom stereocenters. The highest BCUT2D eigenvalue weighted by Gasteiger charge is 2.35. The minimum absolute atomic E-state index is 0.416. The van der Waals surface area contributed by atoms with Crippen molar-refractivity contribution < 1.29 is 0 Å². The van der Waals surface area contributed by atoms with Crippen LogP contribution >= 0.6 is 0 Å². The smallest absolute Gasteiger partial charge is 0.00502 e. The standard InChI is InChI=1S/C17H36N2/c1-4-6-11-19(12-7-5-2)15-17(14-18)10-8-9-16(3)13-17/h16H,4-15,18H2,1-3H3. The summed E-state index contributed by atoms with van der Waals surface area (Å²) in [7, 11) is 0. The van der Waals surface area contributed by atoms with Crippen LogP contribution in [0.5, 0.6) is 0 Å². The number of hydrogen-bond donors (Lipinski definition) is 1. The lowest BCUT2D eigenvalue weighted by Crippen LogP contribution is -2.45. The van der Waals surface area contributed by atoms with E-state index in [2.05, 4.69) is 25.7 Å². The van der Waals surface area contributed by atoms with Gasteiger partial charge in [-0.1, -0.05) is 46.5 Å². The molecule has 0 bridgehead atoms. The van der Waals surface area contributed by atoms with Crippen LogP contribution in [0.3, 0.4) is 0 Å². The first-order valence-corrected chi connectivity index (χ1v) is 8.58.